The summed E-state index contributed by atoms with van der Waals surface area (Å²) >= 11 is 0. The van der Waals surface area contributed by atoms with Crippen LogP contribution in [0.2, 0.25) is 0 Å². The van der Waals surface area contributed by atoms with Crippen molar-refractivity contribution in [3.05, 3.63) is 53.8 Å². The number of nitrogens with zero attached hydrogens (tertiary/aromatic N) is 3. The number of carbonyl (C=O) groups is 2. The molecule has 14 heteroatoms. The molecule has 2 aromatic heterocycles. The van der Waals surface area contributed by atoms with E-state index in [1.54, 1.807) is 6.07 Å². The Balaban J connectivity index is 0.000000454. The zero-order chi connectivity index (χ0) is 26.5. The van der Waals surface area contributed by atoms with E-state index in [0.29, 0.717) is 5.69 Å². The van der Waals surface area contributed by atoms with Gasteiger partial charge in [0.25, 0.3) is 0 Å². The largest absolute Gasteiger partial charge is 0.490 e. The predicted molar refractivity (Wildman–Crippen MR) is 114 cm³/mol. The average molecular weight is 512 g/mol. The molecule has 0 atom stereocenters. The number of nitrogen functional groups attached to an aromatic ring is 1. The minimum atomic E-state index is -5.08. The van der Waals surface area contributed by atoms with Crippen LogP contribution >= 0.6 is 0 Å². The highest BCUT2D eigenvalue weighted by Crippen LogP contribution is 2.44. The summed E-state index contributed by atoms with van der Waals surface area (Å²) in [6.45, 7) is -0.134. The maximum Gasteiger partial charge on any atom is 0.490 e. The highest BCUT2D eigenvalue weighted by molar-refractivity contribution is 5.86. The normalized spacial score (nSPS) is 13.2. The zero-order valence-electron chi connectivity index (χ0n) is 18.7. The molecule has 0 amide bonds. The molecule has 36 heavy (non-hydrogen) atoms. The van der Waals surface area contributed by atoms with Gasteiger partial charge in [0.05, 0.1) is 25.2 Å². The number of rotatable bonds is 6. The van der Waals surface area contributed by atoms with Crippen LogP contribution < -0.4 is 10.5 Å². The number of esters is 1. The van der Waals surface area contributed by atoms with E-state index in [9.17, 15) is 18.0 Å². The molecule has 1 aliphatic carbocycles. The van der Waals surface area contributed by atoms with Gasteiger partial charge in [0.2, 0.25) is 5.89 Å². The van der Waals surface area contributed by atoms with Crippen molar-refractivity contribution >= 4 is 17.8 Å². The van der Waals surface area contributed by atoms with Gasteiger partial charge < -0.3 is 24.7 Å². The Bertz CT molecular complexity index is 1230. The maximum atomic E-state index is 15.4. The Morgan fingerprint density at radius 3 is 2.44 bits per heavy atom. The maximum absolute atomic E-state index is 15.4. The number of oxazole rings is 1. The third-order valence-electron chi connectivity index (χ3n) is 5.15. The molecule has 0 saturated heterocycles. The summed E-state index contributed by atoms with van der Waals surface area (Å²) in [6, 6.07) is 3.53. The number of carboxylic acids is 1. The van der Waals surface area contributed by atoms with Crippen LogP contribution in [-0.2, 0) is 16.1 Å². The van der Waals surface area contributed by atoms with Gasteiger partial charge in [0.1, 0.15) is 12.1 Å². The van der Waals surface area contributed by atoms with Crippen molar-refractivity contribution in [1.82, 2.24) is 15.0 Å². The summed E-state index contributed by atoms with van der Waals surface area (Å²) < 4.78 is 62.7. The first-order chi connectivity index (χ1) is 17.0. The lowest BCUT2D eigenvalue weighted by molar-refractivity contribution is -0.192. The third-order valence-corrected chi connectivity index (χ3v) is 5.15. The topological polar surface area (TPSA) is 151 Å². The summed E-state index contributed by atoms with van der Waals surface area (Å²) in [5.74, 6) is -3.15. The summed E-state index contributed by atoms with van der Waals surface area (Å²) in [5, 5.41) is 7.12. The molecular weight excluding hydrogens is 492 g/mol. The molecule has 3 aromatic rings. The monoisotopic (exact) mass is 512 g/mol. The molecule has 0 radical (unpaired) electrons. The van der Waals surface area contributed by atoms with Crippen LogP contribution in [0.4, 0.5) is 23.4 Å². The molecule has 0 aliphatic heterocycles. The lowest BCUT2D eigenvalue weighted by atomic mass is 9.79. The Kier molecular flexibility index (Phi) is 8.07. The number of anilines is 1. The molecule has 10 nitrogen and oxygen atoms in total. The first-order valence-corrected chi connectivity index (χ1v) is 10.4. The van der Waals surface area contributed by atoms with Gasteiger partial charge >= 0.3 is 18.1 Å². The third kappa shape index (κ3) is 6.25. The highest BCUT2D eigenvalue weighted by Gasteiger charge is 2.38. The van der Waals surface area contributed by atoms with E-state index in [1.165, 1.54) is 25.8 Å². The van der Waals surface area contributed by atoms with E-state index in [-0.39, 0.29) is 41.2 Å². The molecule has 0 spiro atoms. The number of halogens is 4. The van der Waals surface area contributed by atoms with E-state index >= 15 is 4.39 Å². The van der Waals surface area contributed by atoms with Gasteiger partial charge in [-0.2, -0.15) is 13.2 Å². The van der Waals surface area contributed by atoms with Gasteiger partial charge in [-0.15, -0.1) is 0 Å². The fourth-order valence-corrected chi connectivity index (χ4v) is 3.14. The summed E-state index contributed by atoms with van der Waals surface area (Å²) in [4.78, 5) is 32.5. The Morgan fingerprint density at radius 1 is 1.22 bits per heavy atom. The molecule has 3 N–H and O–H groups in total. The van der Waals surface area contributed by atoms with Crippen molar-refractivity contribution in [2.75, 3.05) is 12.8 Å². The molecule has 1 aliphatic rings. The second-order valence-electron chi connectivity index (χ2n) is 7.51. The molecule has 1 saturated carbocycles. The zero-order valence-corrected chi connectivity index (χ0v) is 18.7. The standard InChI is InChI=1S/C20H19FN4O4.C2HF3O2/c1-27-20(26)15-9-28-17(25-15)10-29-19-12(11-3-2-4-11)5-6-13(18(19)21)14-7-24-16(22)8-23-14;3-2(4,5)1(6)7/h5-9,11H,2-4,10H2,1H3,(H2,22,24);(H,6,7). The number of aromatic nitrogens is 3. The number of alkyl halides is 3. The fourth-order valence-electron chi connectivity index (χ4n) is 3.14. The van der Waals surface area contributed by atoms with E-state index in [4.69, 9.17) is 24.8 Å². The number of ether oxygens (including phenoxy) is 2. The fraction of sp³-hybridized carbons (Fsp3) is 0.318. The van der Waals surface area contributed by atoms with Gasteiger partial charge in [0, 0.05) is 11.1 Å². The quantitative estimate of drug-likeness (QED) is 0.365. The molecule has 4 rings (SSSR count). The van der Waals surface area contributed by atoms with E-state index in [1.807, 2.05) is 6.07 Å². The van der Waals surface area contributed by atoms with Gasteiger partial charge in [-0.3, -0.25) is 4.98 Å². The van der Waals surface area contributed by atoms with Gasteiger partial charge in [-0.05, 0) is 24.8 Å². The molecule has 1 fully saturated rings. The number of carbonyl (C=O) groups excluding carboxylic acids is 1. The summed E-state index contributed by atoms with van der Waals surface area (Å²) in [5.41, 5.74) is 7.00. The number of methoxy groups -OCH3 is 1. The van der Waals surface area contributed by atoms with Crippen LogP contribution in [0.15, 0.2) is 35.2 Å². The van der Waals surface area contributed by atoms with Crippen LogP contribution in [0.5, 0.6) is 5.75 Å². The lowest BCUT2D eigenvalue weighted by Crippen LogP contribution is -2.21. The molecule has 2 heterocycles. The van der Waals surface area contributed by atoms with E-state index in [2.05, 4.69) is 19.7 Å². The second-order valence-corrected chi connectivity index (χ2v) is 7.51. The minimum absolute atomic E-state index is 0.0247. The summed E-state index contributed by atoms with van der Waals surface area (Å²) in [7, 11) is 1.25. The first-order valence-electron chi connectivity index (χ1n) is 10.4. The van der Waals surface area contributed by atoms with Crippen molar-refractivity contribution in [3.8, 4) is 17.0 Å². The number of hydrogen-bond donors (Lipinski definition) is 2. The predicted octanol–water partition coefficient (Wildman–Crippen LogP) is 4.12. The SMILES string of the molecule is COC(=O)c1coc(COc2c(C3CCC3)ccc(-c3cnc(N)cn3)c2F)n1.O=C(O)C(F)(F)F. The average Bonchev–Trinajstić information content (AvgIpc) is 3.27. The van der Waals surface area contributed by atoms with Crippen molar-refractivity contribution in [2.24, 2.45) is 0 Å². The van der Waals surface area contributed by atoms with E-state index < -0.39 is 23.9 Å². The minimum Gasteiger partial charge on any atom is -0.480 e. The number of benzene rings is 1. The van der Waals surface area contributed by atoms with Crippen molar-refractivity contribution in [3.63, 3.8) is 0 Å². The highest BCUT2D eigenvalue weighted by atomic mass is 19.4. The molecular formula is C22H20F4N4O6. The number of aliphatic carboxylic acids is 1. The van der Waals surface area contributed by atoms with E-state index in [0.717, 1.165) is 24.8 Å². The van der Waals surface area contributed by atoms with Crippen LogP contribution in [0.3, 0.4) is 0 Å². The van der Waals surface area contributed by atoms with Crippen LogP contribution in [0, 0.1) is 5.82 Å². The van der Waals surface area contributed by atoms with Crippen molar-refractivity contribution < 1.29 is 46.1 Å². The smallest absolute Gasteiger partial charge is 0.480 e. The Morgan fingerprint density at radius 2 is 1.92 bits per heavy atom. The van der Waals surface area contributed by atoms with Gasteiger partial charge in [-0.1, -0.05) is 12.5 Å². The number of hydrogen-bond acceptors (Lipinski definition) is 9. The summed E-state index contributed by atoms with van der Waals surface area (Å²) in [6.07, 6.45) is 1.92. The van der Waals surface area contributed by atoms with Gasteiger partial charge in [-0.25, -0.2) is 23.9 Å². The van der Waals surface area contributed by atoms with Crippen LogP contribution in [-0.4, -0.2) is 45.3 Å². The first kappa shape index (κ1) is 26.4. The molecule has 1 aromatic carbocycles. The Hall–Kier alpha value is -4.23. The second kappa shape index (κ2) is 11.0. The van der Waals surface area contributed by atoms with Crippen LogP contribution in [0.25, 0.3) is 11.3 Å². The molecule has 0 unspecified atom stereocenters. The van der Waals surface area contributed by atoms with Crippen molar-refractivity contribution in [2.45, 2.75) is 38.0 Å². The van der Waals surface area contributed by atoms with Crippen LogP contribution in [0.1, 0.15) is 47.1 Å². The molecule has 0 bridgehead atoms. The number of nitrogens with two attached hydrogens (primary N) is 1. The lowest BCUT2D eigenvalue weighted by Gasteiger charge is -2.28. The Labute approximate surface area is 201 Å². The molecule has 192 valence electrons. The van der Waals surface area contributed by atoms with Crippen molar-refractivity contribution in [1.29, 1.82) is 0 Å². The van der Waals surface area contributed by atoms with Gasteiger partial charge in [0.15, 0.2) is 23.9 Å². The number of carboxylic acid groups (broad SMARTS) is 1.